The molecule has 0 saturated heterocycles. The smallest absolute Gasteiger partial charge is 0.259 e. The van der Waals surface area contributed by atoms with E-state index in [-0.39, 0.29) is 17.1 Å². The number of Topliss-reactive ketones (excluding diaryl/α,β-unsaturated/α-hetero) is 1. The van der Waals surface area contributed by atoms with Gasteiger partial charge in [-0.05, 0) is 37.0 Å². The Balaban J connectivity index is 1.78. The molecule has 0 bridgehead atoms. The fourth-order valence-corrected chi connectivity index (χ4v) is 2.69. The van der Waals surface area contributed by atoms with Gasteiger partial charge in [-0.2, -0.15) is 0 Å². The number of carbonyl (C=O) groups is 2. The third-order valence-corrected chi connectivity index (χ3v) is 3.98. The van der Waals surface area contributed by atoms with Gasteiger partial charge < -0.3 is 14.8 Å². The van der Waals surface area contributed by atoms with E-state index in [2.05, 4.69) is 5.32 Å². The number of ketones is 1. The minimum Gasteiger partial charge on any atom is -0.509 e. The molecular formula is C18H17NO4. The van der Waals surface area contributed by atoms with Crippen LogP contribution in [0.4, 0.5) is 0 Å². The van der Waals surface area contributed by atoms with E-state index in [4.69, 9.17) is 4.42 Å². The van der Waals surface area contributed by atoms with Gasteiger partial charge in [0.1, 0.15) is 11.3 Å². The molecule has 1 amide bonds. The normalized spacial score (nSPS) is 17.4. The highest BCUT2D eigenvalue weighted by atomic mass is 16.3. The second-order valence-electron chi connectivity index (χ2n) is 5.57. The van der Waals surface area contributed by atoms with Gasteiger partial charge in [0.25, 0.3) is 5.91 Å². The third kappa shape index (κ3) is 2.90. The molecule has 3 rings (SSSR count). The van der Waals surface area contributed by atoms with Crippen LogP contribution in [0.5, 0.6) is 0 Å². The Kier molecular flexibility index (Phi) is 4.02. The lowest BCUT2D eigenvalue weighted by atomic mass is 10.0. The Bertz CT molecular complexity index is 773. The van der Waals surface area contributed by atoms with Crippen molar-refractivity contribution in [2.24, 2.45) is 0 Å². The summed E-state index contributed by atoms with van der Waals surface area (Å²) in [6.07, 6.45) is 2.60. The van der Waals surface area contributed by atoms with E-state index >= 15 is 0 Å². The molecule has 118 valence electrons. The highest BCUT2D eigenvalue weighted by molar-refractivity contribution is 6.26. The molecule has 2 N–H and O–H groups in total. The Morgan fingerprint density at radius 2 is 2.00 bits per heavy atom. The number of hydrogen-bond donors (Lipinski definition) is 2. The molecule has 1 unspecified atom stereocenters. The molecule has 1 aromatic carbocycles. The lowest BCUT2D eigenvalue weighted by Crippen LogP contribution is -2.30. The van der Waals surface area contributed by atoms with Gasteiger partial charge in [-0.15, -0.1) is 0 Å². The average molecular weight is 311 g/mol. The molecule has 0 fully saturated rings. The zero-order valence-corrected chi connectivity index (χ0v) is 12.7. The van der Waals surface area contributed by atoms with E-state index in [1.807, 2.05) is 30.3 Å². The highest BCUT2D eigenvalue weighted by Crippen LogP contribution is 2.24. The van der Waals surface area contributed by atoms with Crippen LogP contribution in [0.25, 0.3) is 0 Å². The van der Waals surface area contributed by atoms with Crippen LogP contribution in [0.1, 0.15) is 28.1 Å². The third-order valence-electron chi connectivity index (χ3n) is 3.98. The van der Waals surface area contributed by atoms with Crippen molar-refractivity contribution in [3.63, 3.8) is 0 Å². The van der Waals surface area contributed by atoms with Crippen LogP contribution >= 0.6 is 0 Å². The minimum absolute atomic E-state index is 0.0883. The molecule has 1 aromatic heterocycles. The second-order valence-corrected chi connectivity index (χ2v) is 5.57. The van der Waals surface area contributed by atoms with Crippen molar-refractivity contribution < 1.29 is 19.1 Å². The Hall–Kier alpha value is -2.82. The molecule has 2 heterocycles. The number of nitrogens with one attached hydrogen (secondary N) is 1. The summed E-state index contributed by atoms with van der Waals surface area (Å²) >= 11 is 0. The maximum absolute atomic E-state index is 12.4. The van der Waals surface area contributed by atoms with Crippen LogP contribution in [0.3, 0.4) is 0 Å². The fraction of sp³-hybridized carbons (Fsp3) is 0.222. The fourth-order valence-electron chi connectivity index (χ4n) is 2.69. The lowest BCUT2D eigenvalue weighted by molar-refractivity contribution is -0.116. The molecule has 5 heteroatoms. The lowest BCUT2D eigenvalue weighted by Gasteiger charge is -2.10. The number of rotatable bonds is 5. The number of furan rings is 1. The van der Waals surface area contributed by atoms with Crippen molar-refractivity contribution in [3.05, 3.63) is 70.9 Å². The van der Waals surface area contributed by atoms with Crippen molar-refractivity contribution in [1.82, 2.24) is 5.32 Å². The molecule has 0 saturated carbocycles. The van der Waals surface area contributed by atoms with Crippen molar-refractivity contribution in [3.8, 4) is 0 Å². The van der Waals surface area contributed by atoms with Gasteiger partial charge in [0, 0.05) is 0 Å². The first kappa shape index (κ1) is 15.1. The van der Waals surface area contributed by atoms with E-state index in [1.165, 1.54) is 6.26 Å². The van der Waals surface area contributed by atoms with E-state index in [0.29, 0.717) is 18.4 Å². The summed E-state index contributed by atoms with van der Waals surface area (Å²) in [5, 5.41) is 13.0. The highest BCUT2D eigenvalue weighted by Gasteiger charge is 2.37. The number of hydrogen-bond acceptors (Lipinski definition) is 4. The molecule has 1 aliphatic rings. The molecule has 2 aromatic rings. The molecular weight excluding hydrogens is 294 g/mol. The van der Waals surface area contributed by atoms with Crippen molar-refractivity contribution in [2.75, 3.05) is 0 Å². The Morgan fingerprint density at radius 3 is 2.65 bits per heavy atom. The molecule has 0 aliphatic carbocycles. The van der Waals surface area contributed by atoms with Gasteiger partial charge in [-0.25, -0.2) is 0 Å². The molecule has 0 radical (unpaired) electrons. The standard InChI is InChI=1S/C18H17NO4/c1-11-9-10-23-17(11)16(21)14-15(20)13(19-18(14)22)8-7-12-5-3-2-4-6-12/h2-6,9-10,13,20H,7-8H2,1H3,(H,19,22). The monoisotopic (exact) mass is 311 g/mol. The SMILES string of the molecule is Cc1ccoc1C(=O)C1=C(O)C(CCc2ccccc2)NC1=O. The van der Waals surface area contributed by atoms with Crippen molar-refractivity contribution in [1.29, 1.82) is 0 Å². The molecule has 1 aliphatic heterocycles. The van der Waals surface area contributed by atoms with E-state index in [0.717, 1.165) is 5.56 Å². The number of amides is 1. The topological polar surface area (TPSA) is 79.5 Å². The van der Waals surface area contributed by atoms with Gasteiger partial charge in [-0.1, -0.05) is 30.3 Å². The van der Waals surface area contributed by atoms with Crippen molar-refractivity contribution >= 4 is 11.7 Å². The van der Waals surface area contributed by atoms with E-state index < -0.39 is 17.7 Å². The number of benzene rings is 1. The van der Waals surface area contributed by atoms with Crippen molar-refractivity contribution in [2.45, 2.75) is 25.8 Å². The summed E-state index contributed by atoms with van der Waals surface area (Å²) in [5.74, 6) is -1.25. The van der Waals surface area contributed by atoms with Crippen LogP contribution in [-0.2, 0) is 11.2 Å². The van der Waals surface area contributed by atoms with Gasteiger partial charge >= 0.3 is 0 Å². The zero-order valence-electron chi connectivity index (χ0n) is 12.7. The molecule has 23 heavy (non-hydrogen) atoms. The molecule has 0 spiro atoms. The first-order valence-electron chi connectivity index (χ1n) is 7.44. The first-order chi connectivity index (χ1) is 11.1. The Labute approximate surface area is 133 Å². The summed E-state index contributed by atoms with van der Waals surface area (Å²) in [5.41, 5.74) is 1.52. The van der Waals surface area contributed by atoms with Crippen LogP contribution < -0.4 is 5.32 Å². The minimum atomic E-state index is -0.579. The van der Waals surface area contributed by atoms with Gasteiger partial charge in [0.05, 0.1) is 12.3 Å². The Morgan fingerprint density at radius 1 is 1.26 bits per heavy atom. The van der Waals surface area contributed by atoms with Crippen LogP contribution in [0.2, 0.25) is 0 Å². The molecule has 1 atom stereocenters. The second kappa shape index (κ2) is 6.12. The summed E-state index contributed by atoms with van der Waals surface area (Å²) in [6.45, 7) is 1.72. The predicted octanol–water partition coefficient (Wildman–Crippen LogP) is 2.71. The number of aryl methyl sites for hydroxylation is 2. The zero-order chi connectivity index (χ0) is 16.4. The summed E-state index contributed by atoms with van der Waals surface area (Å²) < 4.78 is 5.12. The summed E-state index contributed by atoms with van der Waals surface area (Å²) in [4.78, 5) is 24.5. The summed E-state index contributed by atoms with van der Waals surface area (Å²) in [6, 6.07) is 10.9. The van der Waals surface area contributed by atoms with E-state index in [9.17, 15) is 14.7 Å². The van der Waals surface area contributed by atoms with Crippen LogP contribution in [-0.4, -0.2) is 22.8 Å². The molecule has 5 nitrogen and oxygen atoms in total. The summed E-state index contributed by atoms with van der Waals surface area (Å²) in [7, 11) is 0. The van der Waals surface area contributed by atoms with Gasteiger partial charge in [0.2, 0.25) is 5.78 Å². The van der Waals surface area contributed by atoms with Crippen LogP contribution in [0.15, 0.2) is 58.4 Å². The predicted molar refractivity (Wildman–Crippen MR) is 84.1 cm³/mol. The largest absolute Gasteiger partial charge is 0.509 e. The number of carbonyl (C=O) groups excluding carboxylic acids is 2. The van der Waals surface area contributed by atoms with Crippen LogP contribution in [0, 0.1) is 6.92 Å². The van der Waals surface area contributed by atoms with E-state index in [1.54, 1.807) is 13.0 Å². The number of aliphatic hydroxyl groups is 1. The van der Waals surface area contributed by atoms with Gasteiger partial charge in [0.15, 0.2) is 5.76 Å². The number of aliphatic hydroxyl groups excluding tert-OH is 1. The maximum Gasteiger partial charge on any atom is 0.259 e. The average Bonchev–Trinajstić information content (AvgIpc) is 3.09. The maximum atomic E-state index is 12.4. The van der Waals surface area contributed by atoms with Gasteiger partial charge in [-0.3, -0.25) is 9.59 Å². The quantitative estimate of drug-likeness (QED) is 0.657. The first-order valence-corrected chi connectivity index (χ1v) is 7.44.